The molecular formula is C12H21N3O2S. The molecule has 1 N–H and O–H groups in total. The fourth-order valence-electron chi connectivity index (χ4n) is 2.84. The molecule has 2 amide bonds. The predicted octanol–water partition coefficient (Wildman–Crippen LogP) is -0.272. The van der Waals surface area contributed by atoms with E-state index in [0.717, 1.165) is 26.2 Å². The van der Waals surface area contributed by atoms with Crippen LogP contribution in [-0.4, -0.2) is 65.6 Å². The van der Waals surface area contributed by atoms with Crippen molar-refractivity contribution in [3.63, 3.8) is 0 Å². The number of fused-ring (bicyclic) bond motifs is 1. The third kappa shape index (κ3) is 2.98. The van der Waals surface area contributed by atoms with Crippen molar-refractivity contribution in [2.45, 2.75) is 31.8 Å². The quantitative estimate of drug-likeness (QED) is 0.695. The summed E-state index contributed by atoms with van der Waals surface area (Å²) >= 11 is 4.15. The summed E-state index contributed by atoms with van der Waals surface area (Å²) in [4.78, 5) is 27.7. The van der Waals surface area contributed by atoms with Crippen LogP contribution in [0.2, 0.25) is 0 Å². The first-order valence-electron chi connectivity index (χ1n) is 6.52. The van der Waals surface area contributed by atoms with Crippen molar-refractivity contribution in [3.05, 3.63) is 0 Å². The molecule has 0 aromatic rings. The van der Waals surface area contributed by atoms with E-state index in [2.05, 4.69) is 22.8 Å². The summed E-state index contributed by atoms with van der Waals surface area (Å²) in [6.45, 7) is 5.10. The van der Waals surface area contributed by atoms with Crippen molar-refractivity contribution < 1.29 is 9.59 Å². The Balaban J connectivity index is 1.93. The molecule has 2 rings (SSSR count). The van der Waals surface area contributed by atoms with Crippen LogP contribution in [0.4, 0.5) is 0 Å². The summed E-state index contributed by atoms with van der Waals surface area (Å²) < 4.78 is 0. The van der Waals surface area contributed by atoms with Gasteiger partial charge in [0.2, 0.25) is 11.8 Å². The fourth-order valence-corrected chi connectivity index (χ4v) is 3.09. The highest BCUT2D eigenvalue weighted by Crippen LogP contribution is 2.21. The maximum absolute atomic E-state index is 12.3. The Bertz CT molecular complexity index is 337. The second kappa shape index (κ2) is 5.93. The zero-order valence-corrected chi connectivity index (χ0v) is 11.7. The SMILES string of the molecule is CC(=O)NC(CS)C(=O)N1CCN2CCCC2C1. The van der Waals surface area contributed by atoms with Gasteiger partial charge in [0, 0.05) is 38.4 Å². The van der Waals surface area contributed by atoms with Crippen LogP contribution < -0.4 is 5.32 Å². The largest absolute Gasteiger partial charge is 0.344 e. The number of piperazine rings is 1. The lowest BCUT2D eigenvalue weighted by Crippen LogP contribution is -2.57. The lowest BCUT2D eigenvalue weighted by molar-refractivity contribution is -0.137. The van der Waals surface area contributed by atoms with E-state index in [9.17, 15) is 9.59 Å². The topological polar surface area (TPSA) is 52.7 Å². The maximum atomic E-state index is 12.3. The standard InChI is InChI=1S/C12H21N3O2S/c1-9(16)13-11(8-18)12(17)15-6-5-14-4-2-3-10(14)7-15/h10-11,18H,2-8H2,1H3,(H,13,16). The Kier molecular flexibility index (Phi) is 4.50. The van der Waals surface area contributed by atoms with Gasteiger partial charge in [-0.05, 0) is 19.4 Å². The van der Waals surface area contributed by atoms with Crippen molar-refractivity contribution >= 4 is 24.4 Å². The maximum Gasteiger partial charge on any atom is 0.246 e. The Morgan fingerprint density at radius 3 is 2.83 bits per heavy atom. The lowest BCUT2D eigenvalue weighted by Gasteiger charge is -2.38. The fraction of sp³-hybridized carbons (Fsp3) is 0.833. The number of nitrogens with one attached hydrogen (secondary N) is 1. The highest BCUT2D eigenvalue weighted by atomic mass is 32.1. The molecule has 0 radical (unpaired) electrons. The minimum Gasteiger partial charge on any atom is -0.344 e. The minimum atomic E-state index is -0.487. The molecule has 0 spiro atoms. The number of amides is 2. The Labute approximate surface area is 113 Å². The second-order valence-electron chi connectivity index (χ2n) is 5.05. The van der Waals surface area contributed by atoms with E-state index in [1.165, 1.54) is 19.8 Å². The average molecular weight is 271 g/mol. The van der Waals surface area contributed by atoms with E-state index in [1.54, 1.807) is 0 Å². The van der Waals surface area contributed by atoms with Gasteiger partial charge < -0.3 is 10.2 Å². The van der Waals surface area contributed by atoms with Crippen molar-refractivity contribution in [2.75, 3.05) is 31.9 Å². The van der Waals surface area contributed by atoms with Crippen molar-refractivity contribution in [1.82, 2.24) is 15.1 Å². The van der Waals surface area contributed by atoms with Crippen LogP contribution in [0.25, 0.3) is 0 Å². The van der Waals surface area contributed by atoms with Crippen molar-refractivity contribution in [2.24, 2.45) is 0 Å². The van der Waals surface area contributed by atoms with Gasteiger partial charge >= 0.3 is 0 Å². The molecule has 2 heterocycles. The van der Waals surface area contributed by atoms with Gasteiger partial charge in [0.15, 0.2) is 0 Å². The molecule has 0 saturated carbocycles. The van der Waals surface area contributed by atoms with Crippen molar-refractivity contribution in [3.8, 4) is 0 Å². The number of hydrogen-bond acceptors (Lipinski definition) is 4. The molecular weight excluding hydrogens is 250 g/mol. The summed E-state index contributed by atoms with van der Waals surface area (Å²) in [5, 5.41) is 2.67. The smallest absolute Gasteiger partial charge is 0.246 e. The summed E-state index contributed by atoms with van der Waals surface area (Å²) in [7, 11) is 0. The molecule has 0 aromatic carbocycles. The number of thiol groups is 1. The first-order valence-corrected chi connectivity index (χ1v) is 7.16. The number of carbonyl (C=O) groups excluding carboxylic acids is 2. The summed E-state index contributed by atoms with van der Waals surface area (Å²) in [5.41, 5.74) is 0. The minimum absolute atomic E-state index is 0.00625. The predicted molar refractivity (Wildman–Crippen MR) is 72.6 cm³/mol. The molecule has 0 aromatic heterocycles. The van der Waals surface area contributed by atoms with Crippen LogP contribution in [0.3, 0.4) is 0 Å². The van der Waals surface area contributed by atoms with Gasteiger partial charge in [-0.3, -0.25) is 14.5 Å². The molecule has 2 atom stereocenters. The molecule has 18 heavy (non-hydrogen) atoms. The third-order valence-electron chi connectivity index (χ3n) is 3.76. The van der Waals surface area contributed by atoms with Crippen LogP contribution in [0, 0.1) is 0 Å². The van der Waals surface area contributed by atoms with Crippen LogP contribution in [-0.2, 0) is 9.59 Å². The Hall–Kier alpha value is -0.750. The van der Waals surface area contributed by atoms with Gasteiger partial charge in [0.1, 0.15) is 6.04 Å². The zero-order valence-electron chi connectivity index (χ0n) is 10.8. The lowest BCUT2D eigenvalue weighted by atomic mass is 10.1. The first-order chi connectivity index (χ1) is 8.61. The second-order valence-corrected chi connectivity index (χ2v) is 5.42. The van der Waals surface area contributed by atoms with E-state index in [-0.39, 0.29) is 11.8 Å². The van der Waals surface area contributed by atoms with Crippen LogP contribution in [0.5, 0.6) is 0 Å². The Morgan fingerprint density at radius 1 is 1.39 bits per heavy atom. The Morgan fingerprint density at radius 2 is 2.17 bits per heavy atom. The van der Waals surface area contributed by atoms with E-state index in [4.69, 9.17) is 0 Å². The molecule has 2 saturated heterocycles. The van der Waals surface area contributed by atoms with Gasteiger partial charge in [0.05, 0.1) is 0 Å². The van der Waals surface area contributed by atoms with E-state index >= 15 is 0 Å². The highest BCUT2D eigenvalue weighted by Gasteiger charge is 2.34. The van der Waals surface area contributed by atoms with Crippen LogP contribution in [0.1, 0.15) is 19.8 Å². The summed E-state index contributed by atoms with van der Waals surface area (Å²) in [6.07, 6.45) is 2.41. The number of nitrogens with zero attached hydrogens (tertiary/aromatic N) is 2. The van der Waals surface area contributed by atoms with Gasteiger partial charge in [-0.2, -0.15) is 12.6 Å². The molecule has 2 fully saturated rings. The highest BCUT2D eigenvalue weighted by molar-refractivity contribution is 7.80. The van der Waals surface area contributed by atoms with E-state index in [1.807, 2.05) is 4.90 Å². The molecule has 0 aliphatic carbocycles. The summed E-state index contributed by atoms with van der Waals surface area (Å²) in [6, 6.07) is 0.0272. The summed E-state index contributed by atoms with van der Waals surface area (Å²) in [5.74, 6) is 0.178. The molecule has 2 aliphatic rings. The van der Waals surface area contributed by atoms with Gasteiger partial charge in [-0.1, -0.05) is 0 Å². The molecule has 2 unspecified atom stereocenters. The first kappa shape index (κ1) is 13.7. The van der Waals surface area contributed by atoms with Gasteiger partial charge in [-0.25, -0.2) is 0 Å². The van der Waals surface area contributed by atoms with E-state index < -0.39 is 6.04 Å². The third-order valence-corrected chi connectivity index (χ3v) is 4.12. The zero-order chi connectivity index (χ0) is 13.1. The normalized spacial score (nSPS) is 25.7. The molecule has 2 aliphatic heterocycles. The molecule has 5 nitrogen and oxygen atoms in total. The number of rotatable bonds is 3. The monoisotopic (exact) mass is 271 g/mol. The number of hydrogen-bond donors (Lipinski definition) is 2. The average Bonchev–Trinajstić information content (AvgIpc) is 2.81. The molecule has 6 heteroatoms. The van der Waals surface area contributed by atoms with Crippen LogP contribution in [0.15, 0.2) is 0 Å². The number of carbonyl (C=O) groups is 2. The molecule has 102 valence electrons. The van der Waals surface area contributed by atoms with Gasteiger partial charge in [0.25, 0.3) is 0 Å². The van der Waals surface area contributed by atoms with E-state index in [0.29, 0.717) is 11.8 Å². The molecule has 0 bridgehead atoms. The van der Waals surface area contributed by atoms with Crippen molar-refractivity contribution in [1.29, 1.82) is 0 Å². The van der Waals surface area contributed by atoms with Gasteiger partial charge in [-0.15, -0.1) is 0 Å². The van der Waals surface area contributed by atoms with Crippen LogP contribution >= 0.6 is 12.6 Å².